The fourth-order valence-corrected chi connectivity index (χ4v) is 7.78. The zero-order valence-corrected chi connectivity index (χ0v) is 26.7. The van der Waals surface area contributed by atoms with Crippen molar-refractivity contribution in [1.82, 2.24) is 9.97 Å². The molecule has 0 spiro atoms. The molecule has 0 atom stereocenters. The summed E-state index contributed by atoms with van der Waals surface area (Å²) >= 11 is 0. The number of rotatable bonds is 4. The van der Waals surface area contributed by atoms with Crippen molar-refractivity contribution in [2.24, 2.45) is 0 Å². The lowest BCUT2D eigenvalue weighted by Gasteiger charge is -2.14. The fourth-order valence-electron chi connectivity index (χ4n) is 7.78. The second-order valence-electron chi connectivity index (χ2n) is 12.9. The maximum Gasteiger partial charge on any atom is 0.180 e. The molecule has 50 heavy (non-hydrogen) atoms. The van der Waals surface area contributed by atoms with Crippen LogP contribution in [0, 0.1) is 0 Å². The first-order chi connectivity index (χ1) is 24.8. The van der Waals surface area contributed by atoms with Gasteiger partial charge in [0.2, 0.25) is 0 Å². The Hall–Kier alpha value is -6.78. The van der Waals surface area contributed by atoms with Gasteiger partial charge in [-0.3, -0.25) is 0 Å². The van der Waals surface area contributed by atoms with E-state index in [0.29, 0.717) is 11.4 Å². The van der Waals surface area contributed by atoms with Gasteiger partial charge in [-0.25, -0.2) is 9.97 Å². The molecule has 0 saturated carbocycles. The van der Waals surface area contributed by atoms with E-state index >= 15 is 0 Å². The van der Waals surface area contributed by atoms with Crippen molar-refractivity contribution in [3.05, 3.63) is 158 Å². The van der Waals surface area contributed by atoms with Gasteiger partial charge in [-0.2, -0.15) is 0 Å². The lowest BCUT2D eigenvalue weighted by atomic mass is 9.89. The Kier molecular flexibility index (Phi) is 5.63. The predicted molar refractivity (Wildman–Crippen MR) is 205 cm³/mol. The molecule has 0 aliphatic heterocycles. The van der Waals surface area contributed by atoms with Gasteiger partial charge in [0, 0.05) is 27.3 Å². The van der Waals surface area contributed by atoms with Crippen LogP contribution in [0.3, 0.4) is 0 Å². The van der Waals surface area contributed by atoms with E-state index < -0.39 is 0 Å². The maximum absolute atomic E-state index is 6.73. The topological polar surface area (TPSA) is 52.1 Å². The molecular formula is C46H26N2O2. The standard InChI is InChI=1S/C46H26N2O2/c1-4-12-27(13-5-1)30-22-23-37-36(24-30)44-45(50-37)43(47-46(48-44)29-16-8-3-9-17-29)34-20-10-18-32-35-25-31(28-14-6-2-7-15-28)26-39-42(35)41-33(40(32)34)19-11-21-38(41)49-39/h1-26H. The number of hydrogen-bond donors (Lipinski definition) is 0. The molecule has 3 aromatic heterocycles. The van der Waals surface area contributed by atoms with E-state index in [1.54, 1.807) is 0 Å². The van der Waals surface area contributed by atoms with Crippen LogP contribution < -0.4 is 0 Å². The second-order valence-corrected chi connectivity index (χ2v) is 12.9. The van der Waals surface area contributed by atoms with Crippen molar-refractivity contribution in [2.45, 2.75) is 0 Å². The molecule has 0 bridgehead atoms. The Balaban J connectivity index is 1.27. The second kappa shape index (κ2) is 10.4. The molecule has 11 rings (SSSR count). The number of benzene rings is 8. The summed E-state index contributed by atoms with van der Waals surface area (Å²) in [5, 5.41) is 7.77. The molecule has 0 N–H and O–H groups in total. The summed E-state index contributed by atoms with van der Waals surface area (Å²) in [6, 6.07) is 54.8. The summed E-state index contributed by atoms with van der Waals surface area (Å²) in [6.07, 6.45) is 0. The molecule has 11 aromatic rings. The van der Waals surface area contributed by atoms with E-state index in [9.17, 15) is 0 Å². The van der Waals surface area contributed by atoms with Gasteiger partial charge in [-0.1, -0.05) is 127 Å². The highest BCUT2D eigenvalue weighted by Crippen LogP contribution is 2.48. The first kappa shape index (κ1) is 27.2. The minimum absolute atomic E-state index is 0.657. The Bertz CT molecular complexity index is 3070. The van der Waals surface area contributed by atoms with Crippen molar-refractivity contribution in [1.29, 1.82) is 0 Å². The average Bonchev–Trinajstić information content (AvgIpc) is 3.76. The molecular weight excluding hydrogens is 613 g/mol. The zero-order valence-electron chi connectivity index (χ0n) is 26.7. The van der Waals surface area contributed by atoms with Crippen LogP contribution in [0.2, 0.25) is 0 Å². The Morgan fingerprint density at radius 1 is 0.360 bits per heavy atom. The highest BCUT2D eigenvalue weighted by molar-refractivity contribution is 6.35. The van der Waals surface area contributed by atoms with Crippen LogP contribution in [0.15, 0.2) is 167 Å². The van der Waals surface area contributed by atoms with Crippen LogP contribution >= 0.6 is 0 Å². The maximum atomic E-state index is 6.73. The third kappa shape index (κ3) is 3.93. The monoisotopic (exact) mass is 638 g/mol. The molecule has 8 aromatic carbocycles. The number of nitrogens with zero attached hydrogens (tertiary/aromatic N) is 2. The van der Waals surface area contributed by atoms with Crippen LogP contribution in [0.25, 0.3) is 110 Å². The summed E-state index contributed by atoms with van der Waals surface area (Å²) in [6.45, 7) is 0. The van der Waals surface area contributed by atoms with Gasteiger partial charge < -0.3 is 8.83 Å². The minimum atomic E-state index is 0.657. The van der Waals surface area contributed by atoms with Crippen molar-refractivity contribution in [3.63, 3.8) is 0 Å². The quantitative estimate of drug-likeness (QED) is 0.180. The number of fused-ring (bicyclic) bond motifs is 6. The lowest BCUT2D eigenvalue weighted by Crippen LogP contribution is -1.95. The molecule has 0 amide bonds. The third-order valence-electron chi connectivity index (χ3n) is 10.0. The summed E-state index contributed by atoms with van der Waals surface area (Å²) in [7, 11) is 0. The first-order valence-corrected chi connectivity index (χ1v) is 16.8. The number of furan rings is 2. The zero-order chi connectivity index (χ0) is 32.8. The van der Waals surface area contributed by atoms with Gasteiger partial charge in [0.15, 0.2) is 11.4 Å². The minimum Gasteiger partial charge on any atom is -0.456 e. The molecule has 0 fully saturated rings. The normalized spacial score (nSPS) is 12.0. The van der Waals surface area contributed by atoms with Crippen LogP contribution in [-0.2, 0) is 0 Å². The Morgan fingerprint density at radius 3 is 1.80 bits per heavy atom. The molecule has 232 valence electrons. The number of hydrogen-bond acceptors (Lipinski definition) is 4. The van der Waals surface area contributed by atoms with E-state index in [0.717, 1.165) is 99.0 Å². The summed E-state index contributed by atoms with van der Waals surface area (Å²) in [5.74, 6) is 0.657. The molecule has 4 nitrogen and oxygen atoms in total. The van der Waals surface area contributed by atoms with Crippen molar-refractivity contribution in [3.8, 4) is 44.9 Å². The van der Waals surface area contributed by atoms with Gasteiger partial charge in [-0.15, -0.1) is 0 Å². The Morgan fingerprint density at radius 2 is 1.02 bits per heavy atom. The van der Waals surface area contributed by atoms with E-state index in [-0.39, 0.29) is 0 Å². The molecule has 0 radical (unpaired) electrons. The Labute approximate surface area is 286 Å². The van der Waals surface area contributed by atoms with E-state index in [2.05, 4.69) is 127 Å². The SMILES string of the molecule is c1ccc(-c2ccc3oc4c(-c5cccc6c7cc(-c8ccccc8)cc8oc9cccc(c56)c9c87)nc(-c5ccccc5)nc4c3c2)cc1. The van der Waals surface area contributed by atoms with Gasteiger partial charge in [0.05, 0.1) is 0 Å². The van der Waals surface area contributed by atoms with Crippen molar-refractivity contribution < 1.29 is 8.83 Å². The number of aromatic nitrogens is 2. The molecule has 0 aliphatic carbocycles. The molecule has 4 heteroatoms. The van der Waals surface area contributed by atoms with Crippen LogP contribution in [0.4, 0.5) is 0 Å². The van der Waals surface area contributed by atoms with Crippen LogP contribution in [0.5, 0.6) is 0 Å². The summed E-state index contributed by atoms with van der Waals surface area (Å²) in [4.78, 5) is 10.5. The van der Waals surface area contributed by atoms with Gasteiger partial charge in [0.1, 0.15) is 28.0 Å². The van der Waals surface area contributed by atoms with Gasteiger partial charge in [-0.05, 0) is 74.1 Å². The van der Waals surface area contributed by atoms with E-state index in [4.69, 9.17) is 18.8 Å². The van der Waals surface area contributed by atoms with Gasteiger partial charge >= 0.3 is 0 Å². The fraction of sp³-hybridized carbons (Fsp3) is 0. The van der Waals surface area contributed by atoms with E-state index in [1.165, 1.54) is 0 Å². The largest absolute Gasteiger partial charge is 0.456 e. The van der Waals surface area contributed by atoms with E-state index in [1.807, 2.05) is 30.3 Å². The van der Waals surface area contributed by atoms with Crippen LogP contribution in [0.1, 0.15) is 0 Å². The van der Waals surface area contributed by atoms with Crippen molar-refractivity contribution >= 4 is 65.6 Å². The highest BCUT2D eigenvalue weighted by atomic mass is 16.3. The first-order valence-electron chi connectivity index (χ1n) is 16.8. The lowest BCUT2D eigenvalue weighted by molar-refractivity contribution is 0.667. The molecule has 0 aliphatic rings. The van der Waals surface area contributed by atoms with Gasteiger partial charge in [0.25, 0.3) is 0 Å². The third-order valence-corrected chi connectivity index (χ3v) is 10.0. The smallest absolute Gasteiger partial charge is 0.180 e. The molecule has 3 heterocycles. The average molecular weight is 639 g/mol. The molecule has 0 unspecified atom stereocenters. The van der Waals surface area contributed by atoms with Crippen LogP contribution in [-0.4, -0.2) is 9.97 Å². The summed E-state index contributed by atoms with van der Waals surface area (Å²) < 4.78 is 13.3. The predicted octanol–water partition coefficient (Wildman–Crippen LogP) is 12.7. The highest BCUT2D eigenvalue weighted by Gasteiger charge is 2.24. The summed E-state index contributed by atoms with van der Waals surface area (Å²) in [5.41, 5.74) is 11.2. The molecule has 0 saturated heterocycles. The van der Waals surface area contributed by atoms with Crippen molar-refractivity contribution in [2.75, 3.05) is 0 Å².